The molecule has 0 aliphatic heterocycles. The van der Waals surface area contributed by atoms with Crippen LogP contribution in [-0.4, -0.2) is 5.66 Å². The van der Waals surface area contributed by atoms with Crippen molar-refractivity contribution in [1.82, 2.24) is 0 Å². The predicted octanol–water partition coefficient (Wildman–Crippen LogP) is 5.67. The van der Waals surface area contributed by atoms with E-state index in [2.05, 4.69) is 0 Å². The van der Waals surface area contributed by atoms with Crippen LogP contribution in [0.15, 0.2) is 0 Å². The average molecular weight is 297 g/mol. The molecule has 0 N–H and O–H groups in total. The van der Waals surface area contributed by atoms with Crippen LogP contribution >= 0.6 is 29.1 Å². The maximum Gasteiger partial charge on any atom is 0.0886 e. The van der Waals surface area contributed by atoms with Gasteiger partial charge < -0.3 is 0 Å². The zero-order chi connectivity index (χ0) is 9.52. The Morgan fingerprint density at radius 2 is 1.07 bits per heavy atom. The molecule has 2 aliphatic rings. The van der Waals surface area contributed by atoms with Crippen LogP contribution in [0.1, 0.15) is 57.8 Å². The minimum absolute atomic E-state index is 0. The maximum atomic E-state index is 5.71. The summed E-state index contributed by atoms with van der Waals surface area (Å²) in [6.07, 6.45) is 12.7. The third kappa shape index (κ3) is 6.91. The monoisotopic (exact) mass is 296 g/mol. The van der Waals surface area contributed by atoms with E-state index >= 15 is 0 Å². The molecule has 0 bridgehead atoms. The molecular formula is C10H19Cl2FeP. The maximum absolute atomic E-state index is 5.71. The molecule has 0 aromatic carbocycles. The van der Waals surface area contributed by atoms with E-state index in [4.69, 9.17) is 22.5 Å². The first-order valence-corrected chi connectivity index (χ1v) is 8.63. The van der Waals surface area contributed by atoms with Crippen molar-refractivity contribution in [2.45, 2.75) is 63.4 Å². The van der Waals surface area contributed by atoms with Crippen molar-refractivity contribution in [3.8, 4) is 0 Å². The summed E-state index contributed by atoms with van der Waals surface area (Å²) in [5.74, 6) is 0. The first kappa shape index (κ1) is 15.5. The van der Waals surface area contributed by atoms with Crippen LogP contribution < -0.4 is 0 Å². The van der Waals surface area contributed by atoms with E-state index in [1.165, 1.54) is 57.8 Å². The average Bonchev–Trinajstić information content (AvgIpc) is 2.82. The molecule has 2 saturated carbocycles. The summed E-state index contributed by atoms with van der Waals surface area (Å²) in [7, 11) is 0. The van der Waals surface area contributed by atoms with E-state index in [1.807, 2.05) is 0 Å². The van der Waals surface area contributed by atoms with Gasteiger partial charge in [0.05, 0.1) is 6.63 Å². The second-order valence-electron chi connectivity index (χ2n) is 3.97. The van der Waals surface area contributed by atoms with Crippen LogP contribution in [0, 0.1) is 0 Å². The second-order valence-corrected chi connectivity index (χ2v) is 7.92. The second kappa shape index (κ2) is 9.73. The van der Waals surface area contributed by atoms with Crippen LogP contribution in [0.3, 0.4) is 0 Å². The number of rotatable bonds is 1. The van der Waals surface area contributed by atoms with Crippen LogP contribution in [-0.2, 0) is 17.1 Å². The Hall–Kier alpha value is 1.53. The topological polar surface area (TPSA) is 0 Å². The van der Waals surface area contributed by atoms with Gasteiger partial charge in [0.25, 0.3) is 0 Å². The molecule has 0 heterocycles. The molecule has 2 fully saturated rings. The third-order valence-electron chi connectivity index (χ3n) is 2.85. The Bertz CT molecular complexity index is 116. The van der Waals surface area contributed by atoms with Gasteiger partial charge in [0.1, 0.15) is 0 Å². The zero-order valence-electron chi connectivity index (χ0n) is 8.50. The summed E-state index contributed by atoms with van der Waals surface area (Å²) in [6.45, 7) is -0.657. The normalized spacial score (nSPS) is 21.6. The van der Waals surface area contributed by atoms with Gasteiger partial charge in [-0.15, -0.1) is 0 Å². The molecule has 0 atom stereocenters. The summed E-state index contributed by atoms with van der Waals surface area (Å²) in [5.41, 5.74) is 0.660. The largest absolute Gasteiger partial charge is 0.0886 e. The first-order chi connectivity index (χ1) is 6.30. The quantitative estimate of drug-likeness (QED) is 0.432. The fourth-order valence-corrected chi connectivity index (χ4v) is 3.91. The summed E-state index contributed by atoms with van der Waals surface area (Å²) in [5, 5.41) is 0. The van der Waals surface area contributed by atoms with E-state index in [-0.39, 0.29) is 17.1 Å². The molecular weight excluding hydrogens is 278 g/mol. The summed E-state index contributed by atoms with van der Waals surface area (Å²) in [4.78, 5) is 0. The van der Waals surface area contributed by atoms with Crippen LogP contribution in [0.5, 0.6) is 0 Å². The van der Waals surface area contributed by atoms with Crippen molar-refractivity contribution in [2.24, 2.45) is 0 Å². The van der Waals surface area contributed by atoms with Gasteiger partial charge in [-0.25, -0.2) is 0 Å². The fourth-order valence-electron chi connectivity index (χ4n) is 1.98. The molecule has 0 aromatic rings. The molecule has 2 aliphatic carbocycles. The van der Waals surface area contributed by atoms with Gasteiger partial charge in [0.15, 0.2) is 0 Å². The minimum Gasteiger partial charge on any atom is -0.0778 e. The van der Waals surface area contributed by atoms with Gasteiger partial charge in [0.2, 0.25) is 0 Å². The third-order valence-corrected chi connectivity index (χ3v) is 5.58. The summed E-state index contributed by atoms with van der Waals surface area (Å²) in [6, 6.07) is 0. The molecule has 14 heavy (non-hydrogen) atoms. The molecule has 0 unspecified atom stereocenters. The molecule has 0 saturated heterocycles. The summed E-state index contributed by atoms with van der Waals surface area (Å²) >= 11 is 11.4. The molecule has 0 aromatic heterocycles. The van der Waals surface area contributed by atoms with Crippen LogP contribution in [0.4, 0.5) is 0 Å². The Morgan fingerprint density at radius 1 is 0.714 bits per heavy atom. The molecule has 4 heteroatoms. The van der Waals surface area contributed by atoms with Gasteiger partial charge in [-0.05, 0) is 12.8 Å². The van der Waals surface area contributed by atoms with Gasteiger partial charge >= 0.3 is 0 Å². The standard InChI is InChI=1S/C5H9Cl2P.C5H10.Fe/c6-8(7)5-3-1-2-4-5;1-2-4-5-3-1;/h5H,1-4H2;1-5H2;. The molecule has 0 amide bonds. The minimum atomic E-state index is -0.657. The van der Waals surface area contributed by atoms with E-state index in [9.17, 15) is 0 Å². The van der Waals surface area contributed by atoms with Crippen molar-refractivity contribution in [3.05, 3.63) is 0 Å². The number of hydrogen-bond acceptors (Lipinski definition) is 0. The molecule has 2 rings (SSSR count). The number of hydrogen-bond donors (Lipinski definition) is 0. The fraction of sp³-hybridized carbons (Fsp3) is 1.00. The molecule has 0 spiro atoms. The Kier molecular flexibility index (Phi) is 10.8. The Balaban J connectivity index is 0.000000246. The first-order valence-electron chi connectivity index (χ1n) is 5.41. The van der Waals surface area contributed by atoms with E-state index in [1.54, 1.807) is 0 Å². The number of halogens is 2. The van der Waals surface area contributed by atoms with E-state index < -0.39 is 6.63 Å². The Morgan fingerprint density at radius 3 is 1.29 bits per heavy atom. The van der Waals surface area contributed by atoms with Gasteiger partial charge in [-0.3, -0.25) is 0 Å². The van der Waals surface area contributed by atoms with Crippen LogP contribution in [0.2, 0.25) is 0 Å². The zero-order valence-corrected chi connectivity index (χ0v) is 12.0. The SMILES string of the molecule is C1CCCC1.ClP(Cl)C1CCCC1.[Fe]. The van der Waals surface area contributed by atoms with Crippen molar-refractivity contribution < 1.29 is 17.1 Å². The van der Waals surface area contributed by atoms with Crippen molar-refractivity contribution in [1.29, 1.82) is 0 Å². The molecule has 0 nitrogen and oxygen atoms in total. The van der Waals surface area contributed by atoms with Gasteiger partial charge in [0, 0.05) is 22.7 Å². The van der Waals surface area contributed by atoms with Crippen molar-refractivity contribution >= 4 is 29.1 Å². The van der Waals surface area contributed by atoms with Crippen molar-refractivity contribution in [2.75, 3.05) is 0 Å². The van der Waals surface area contributed by atoms with Crippen molar-refractivity contribution in [3.63, 3.8) is 0 Å². The van der Waals surface area contributed by atoms with E-state index in [0.717, 1.165) is 0 Å². The van der Waals surface area contributed by atoms with Crippen LogP contribution in [0.25, 0.3) is 0 Å². The predicted molar refractivity (Wildman–Crippen MR) is 64.0 cm³/mol. The van der Waals surface area contributed by atoms with Gasteiger partial charge in [-0.2, -0.15) is 0 Å². The Labute approximate surface area is 109 Å². The van der Waals surface area contributed by atoms with E-state index in [0.29, 0.717) is 5.66 Å². The molecule has 86 valence electrons. The van der Waals surface area contributed by atoms with Gasteiger partial charge in [-0.1, -0.05) is 67.4 Å². The smallest absolute Gasteiger partial charge is 0.0778 e. The summed E-state index contributed by atoms with van der Waals surface area (Å²) < 4.78 is 0. The molecule has 0 radical (unpaired) electrons.